The SMILES string of the molecule is CCCCCCCCCc1cccc(OP(=O)(O)O)c1CCCCCCCCC.[H-].[K+]. The van der Waals surface area contributed by atoms with E-state index in [2.05, 4.69) is 19.9 Å². The van der Waals surface area contributed by atoms with Gasteiger partial charge in [0.25, 0.3) is 0 Å². The Balaban J connectivity index is 0. The second-order valence-corrected chi connectivity index (χ2v) is 9.38. The summed E-state index contributed by atoms with van der Waals surface area (Å²) in [5.41, 5.74) is 2.19. The minimum atomic E-state index is -4.54. The minimum Gasteiger partial charge on any atom is -1.00 e. The van der Waals surface area contributed by atoms with E-state index >= 15 is 0 Å². The van der Waals surface area contributed by atoms with Crippen LogP contribution in [0.3, 0.4) is 0 Å². The molecule has 1 aromatic rings. The summed E-state index contributed by atoms with van der Waals surface area (Å²) in [6, 6.07) is 5.65. The van der Waals surface area contributed by atoms with Gasteiger partial charge in [-0.15, -0.1) is 0 Å². The van der Waals surface area contributed by atoms with Gasteiger partial charge in [0.15, 0.2) is 0 Å². The van der Waals surface area contributed by atoms with Gasteiger partial charge in [-0.1, -0.05) is 103 Å². The molecule has 0 bridgehead atoms. The molecule has 0 aliphatic carbocycles. The van der Waals surface area contributed by atoms with Crippen molar-refractivity contribution in [3.8, 4) is 5.75 Å². The van der Waals surface area contributed by atoms with Crippen LogP contribution in [0.15, 0.2) is 18.2 Å². The molecule has 0 aliphatic heterocycles. The van der Waals surface area contributed by atoms with E-state index in [0.717, 1.165) is 37.7 Å². The Bertz CT molecular complexity index is 595. The van der Waals surface area contributed by atoms with E-state index in [1.54, 1.807) is 6.07 Å². The van der Waals surface area contributed by atoms with Gasteiger partial charge in [0.1, 0.15) is 5.75 Å². The molecule has 30 heavy (non-hydrogen) atoms. The zero-order chi connectivity index (χ0) is 21.4. The maximum atomic E-state index is 11.4. The van der Waals surface area contributed by atoms with Gasteiger partial charge in [0.05, 0.1) is 0 Å². The first kappa shape index (κ1) is 30.8. The first-order valence-electron chi connectivity index (χ1n) is 11.8. The monoisotopic (exact) mass is 466 g/mol. The van der Waals surface area contributed by atoms with Crippen molar-refractivity contribution < 1.29 is 71.7 Å². The average Bonchev–Trinajstić information content (AvgIpc) is 2.67. The van der Waals surface area contributed by atoms with Gasteiger partial charge in [-0.25, -0.2) is 4.57 Å². The first-order valence-corrected chi connectivity index (χ1v) is 13.4. The van der Waals surface area contributed by atoms with Crippen LogP contribution in [0.1, 0.15) is 116 Å². The Morgan fingerprint density at radius 3 is 1.73 bits per heavy atom. The van der Waals surface area contributed by atoms with Crippen LogP contribution in [0.4, 0.5) is 0 Å². The molecule has 0 saturated heterocycles. The van der Waals surface area contributed by atoms with Gasteiger partial charge < -0.3 is 5.95 Å². The fourth-order valence-electron chi connectivity index (χ4n) is 3.87. The smallest absolute Gasteiger partial charge is 1.00 e. The average molecular weight is 467 g/mol. The Kier molecular flexibility index (Phi) is 19.8. The largest absolute Gasteiger partial charge is 1.00 e. The molecule has 1 rings (SSSR count). The third kappa shape index (κ3) is 15.6. The summed E-state index contributed by atoms with van der Waals surface area (Å²) in [6.45, 7) is 4.46. The standard InChI is InChI=1S/C24H43O4P.K.H/c1-3-5-7-9-11-13-15-18-22-19-17-21-24(28-29(25,26)27)23(22)20-16-14-12-10-8-6-4-2;;/h17,19,21H,3-16,18,20H2,1-2H3,(H2,25,26,27);;/q;+1;-1. The van der Waals surface area contributed by atoms with E-state index in [0.29, 0.717) is 5.75 Å². The number of hydrogen-bond acceptors (Lipinski definition) is 2. The number of benzene rings is 1. The topological polar surface area (TPSA) is 66.8 Å². The molecule has 0 unspecified atom stereocenters. The molecule has 0 amide bonds. The quantitative estimate of drug-likeness (QED) is 0.184. The van der Waals surface area contributed by atoms with Crippen molar-refractivity contribution in [1.29, 1.82) is 0 Å². The predicted molar refractivity (Wildman–Crippen MR) is 124 cm³/mol. The van der Waals surface area contributed by atoms with E-state index < -0.39 is 7.82 Å². The Labute approximate surface area is 229 Å². The van der Waals surface area contributed by atoms with Crippen LogP contribution in [-0.2, 0) is 17.4 Å². The Morgan fingerprint density at radius 2 is 1.23 bits per heavy atom. The number of phosphoric ester groups is 1. The molecule has 0 spiro atoms. The number of hydrogen-bond donors (Lipinski definition) is 2. The summed E-state index contributed by atoms with van der Waals surface area (Å²) in [6.07, 6.45) is 19.2. The molecule has 0 radical (unpaired) electrons. The normalized spacial score (nSPS) is 11.3. The molecule has 0 heterocycles. The zero-order valence-corrected chi connectivity index (χ0v) is 23.7. The van der Waals surface area contributed by atoms with Crippen LogP contribution in [0, 0.1) is 0 Å². The van der Waals surface area contributed by atoms with Gasteiger partial charge in [0, 0.05) is 0 Å². The van der Waals surface area contributed by atoms with Crippen molar-refractivity contribution in [2.24, 2.45) is 0 Å². The molecule has 0 aromatic heterocycles. The maximum Gasteiger partial charge on any atom is 1.00 e. The molecule has 0 aliphatic rings. The van der Waals surface area contributed by atoms with Crippen LogP contribution >= 0.6 is 7.82 Å². The maximum absolute atomic E-state index is 11.4. The van der Waals surface area contributed by atoms with Crippen molar-refractivity contribution in [2.75, 3.05) is 0 Å². The molecule has 0 saturated carbocycles. The van der Waals surface area contributed by atoms with Crippen molar-refractivity contribution in [3.05, 3.63) is 29.3 Å². The molecular formula is C24H44KO4P. The molecule has 170 valence electrons. The van der Waals surface area contributed by atoms with E-state index in [9.17, 15) is 14.4 Å². The number of phosphoric acid groups is 1. The second kappa shape index (κ2) is 19.3. The number of aryl methyl sites for hydroxylation is 1. The first-order chi connectivity index (χ1) is 14.0. The van der Waals surface area contributed by atoms with E-state index in [1.807, 2.05) is 6.07 Å². The van der Waals surface area contributed by atoms with Crippen LogP contribution in [0.2, 0.25) is 0 Å². The van der Waals surface area contributed by atoms with E-state index in [4.69, 9.17) is 4.52 Å². The molecule has 2 N–H and O–H groups in total. The minimum absolute atomic E-state index is 0. The Hall–Kier alpha value is 0.806. The summed E-state index contributed by atoms with van der Waals surface area (Å²) in [7, 11) is -4.54. The number of rotatable bonds is 18. The van der Waals surface area contributed by atoms with E-state index in [-0.39, 0.29) is 52.8 Å². The van der Waals surface area contributed by atoms with Gasteiger partial charge in [0.2, 0.25) is 0 Å². The molecule has 4 nitrogen and oxygen atoms in total. The summed E-state index contributed by atoms with van der Waals surface area (Å²) < 4.78 is 16.4. The van der Waals surface area contributed by atoms with Crippen molar-refractivity contribution in [2.45, 2.75) is 117 Å². The van der Waals surface area contributed by atoms with Crippen molar-refractivity contribution in [3.63, 3.8) is 0 Å². The van der Waals surface area contributed by atoms with E-state index in [1.165, 1.54) is 76.2 Å². The fourth-order valence-corrected chi connectivity index (χ4v) is 4.30. The fraction of sp³-hybridized carbons (Fsp3) is 0.750. The van der Waals surface area contributed by atoms with Crippen molar-refractivity contribution in [1.82, 2.24) is 0 Å². The molecule has 1 aromatic carbocycles. The Morgan fingerprint density at radius 1 is 0.767 bits per heavy atom. The summed E-state index contributed by atoms with van der Waals surface area (Å²) in [5.74, 6) is 0.366. The van der Waals surface area contributed by atoms with Crippen LogP contribution in [-0.4, -0.2) is 9.79 Å². The molecule has 6 heteroatoms. The van der Waals surface area contributed by atoms with Crippen LogP contribution in [0.25, 0.3) is 0 Å². The summed E-state index contributed by atoms with van der Waals surface area (Å²) >= 11 is 0. The van der Waals surface area contributed by atoms with Gasteiger partial charge in [-0.2, -0.15) is 0 Å². The van der Waals surface area contributed by atoms with Gasteiger partial charge >= 0.3 is 59.2 Å². The zero-order valence-electron chi connectivity index (χ0n) is 20.7. The predicted octanol–water partition coefficient (Wildman–Crippen LogP) is 4.86. The van der Waals surface area contributed by atoms with Gasteiger partial charge in [-0.3, -0.25) is 9.79 Å². The van der Waals surface area contributed by atoms with Gasteiger partial charge in [-0.05, 0) is 42.9 Å². The molecule has 0 atom stereocenters. The molecular weight excluding hydrogens is 422 g/mol. The number of unbranched alkanes of at least 4 members (excludes halogenated alkanes) is 12. The van der Waals surface area contributed by atoms with Crippen LogP contribution < -0.4 is 55.9 Å². The summed E-state index contributed by atoms with van der Waals surface area (Å²) in [5, 5.41) is 0. The molecule has 0 fully saturated rings. The van der Waals surface area contributed by atoms with Crippen molar-refractivity contribution >= 4 is 7.82 Å². The third-order valence-electron chi connectivity index (χ3n) is 5.53. The van der Waals surface area contributed by atoms with Crippen LogP contribution in [0.5, 0.6) is 5.75 Å². The summed E-state index contributed by atoms with van der Waals surface area (Å²) in [4.78, 5) is 18.6. The third-order valence-corrected chi connectivity index (χ3v) is 5.96. The second-order valence-electron chi connectivity index (χ2n) is 8.22.